The lowest BCUT2D eigenvalue weighted by Crippen LogP contribution is -2.53. The average molecular weight is 276 g/mol. The Labute approximate surface area is 121 Å². The topological polar surface area (TPSA) is 41.6 Å². The highest BCUT2D eigenvalue weighted by atomic mass is 16.6. The van der Waals surface area contributed by atoms with Crippen molar-refractivity contribution in [3.8, 4) is 0 Å². The Morgan fingerprint density at radius 2 is 2.05 bits per heavy atom. The fourth-order valence-corrected chi connectivity index (χ4v) is 2.27. The zero-order chi connectivity index (χ0) is 14.6. The lowest BCUT2D eigenvalue weighted by molar-refractivity contribution is 0.0433. The number of carbonyl (C=O) groups is 1. The second kappa shape index (κ2) is 6.27. The van der Waals surface area contributed by atoms with E-state index in [2.05, 4.69) is 34.5 Å². The minimum absolute atomic E-state index is 0.330. The maximum absolute atomic E-state index is 11.6. The standard InChI is InChI=1S/C16H24N2O2/c1-16(2,3)20-15(19)17-11-14-9-10-18(14)12-13-7-5-4-6-8-13/h4-8,14H,9-12H2,1-3H3,(H,17,19). The second-order valence-corrected chi connectivity index (χ2v) is 6.28. The maximum atomic E-state index is 11.6. The maximum Gasteiger partial charge on any atom is 0.407 e. The first-order chi connectivity index (χ1) is 9.44. The first kappa shape index (κ1) is 14.9. The summed E-state index contributed by atoms with van der Waals surface area (Å²) in [7, 11) is 0. The van der Waals surface area contributed by atoms with Crippen LogP contribution in [0.25, 0.3) is 0 Å². The van der Waals surface area contributed by atoms with E-state index in [-0.39, 0.29) is 6.09 Å². The largest absolute Gasteiger partial charge is 0.444 e. The minimum atomic E-state index is -0.437. The van der Waals surface area contributed by atoms with E-state index in [1.165, 1.54) is 5.56 Å². The van der Waals surface area contributed by atoms with Crippen molar-refractivity contribution < 1.29 is 9.53 Å². The number of hydrogen-bond acceptors (Lipinski definition) is 3. The summed E-state index contributed by atoms with van der Waals surface area (Å²) in [5.41, 5.74) is 0.877. The molecule has 4 heteroatoms. The summed E-state index contributed by atoms with van der Waals surface area (Å²) in [6, 6.07) is 10.8. The molecule has 1 atom stereocenters. The van der Waals surface area contributed by atoms with Crippen molar-refractivity contribution in [3.63, 3.8) is 0 Å². The highest BCUT2D eigenvalue weighted by Crippen LogP contribution is 2.20. The molecule has 1 heterocycles. The quantitative estimate of drug-likeness (QED) is 0.919. The van der Waals surface area contributed by atoms with Crippen LogP contribution in [0, 0.1) is 0 Å². The van der Waals surface area contributed by atoms with Gasteiger partial charge >= 0.3 is 6.09 Å². The number of carbonyl (C=O) groups excluding carboxylic acids is 1. The van der Waals surface area contributed by atoms with Gasteiger partial charge in [0, 0.05) is 25.7 Å². The van der Waals surface area contributed by atoms with Crippen LogP contribution in [0.15, 0.2) is 30.3 Å². The summed E-state index contributed by atoms with van der Waals surface area (Å²) in [6.45, 7) is 8.31. The molecule has 1 unspecified atom stereocenters. The van der Waals surface area contributed by atoms with Gasteiger partial charge in [0.2, 0.25) is 0 Å². The zero-order valence-electron chi connectivity index (χ0n) is 12.6. The molecule has 2 rings (SSSR count). The molecule has 110 valence electrons. The fraction of sp³-hybridized carbons (Fsp3) is 0.562. The monoisotopic (exact) mass is 276 g/mol. The fourth-order valence-electron chi connectivity index (χ4n) is 2.27. The molecule has 0 bridgehead atoms. The first-order valence-corrected chi connectivity index (χ1v) is 7.19. The van der Waals surface area contributed by atoms with E-state index in [9.17, 15) is 4.79 Å². The molecular weight excluding hydrogens is 252 g/mol. The summed E-state index contributed by atoms with van der Waals surface area (Å²) >= 11 is 0. The van der Waals surface area contributed by atoms with Crippen LogP contribution in [0.3, 0.4) is 0 Å². The summed E-state index contributed by atoms with van der Waals surface area (Å²) in [6.07, 6.45) is 0.798. The van der Waals surface area contributed by atoms with E-state index in [4.69, 9.17) is 4.74 Å². The third-order valence-corrected chi connectivity index (χ3v) is 3.38. The third-order valence-electron chi connectivity index (χ3n) is 3.38. The summed E-state index contributed by atoms with van der Waals surface area (Å²) in [4.78, 5) is 14.0. The van der Waals surface area contributed by atoms with Crippen molar-refractivity contribution in [1.29, 1.82) is 0 Å². The number of likely N-dealkylation sites (tertiary alicyclic amines) is 1. The number of alkyl carbamates (subject to hydrolysis) is 1. The van der Waals surface area contributed by atoms with Crippen LogP contribution >= 0.6 is 0 Å². The summed E-state index contributed by atoms with van der Waals surface area (Å²) in [5.74, 6) is 0. The van der Waals surface area contributed by atoms with Crippen molar-refractivity contribution in [2.75, 3.05) is 13.1 Å². The first-order valence-electron chi connectivity index (χ1n) is 7.19. The Balaban J connectivity index is 1.73. The molecule has 1 N–H and O–H groups in total. The van der Waals surface area contributed by atoms with E-state index in [0.29, 0.717) is 12.6 Å². The molecule has 20 heavy (non-hydrogen) atoms. The number of benzene rings is 1. The van der Waals surface area contributed by atoms with Crippen LogP contribution in [0.2, 0.25) is 0 Å². The van der Waals surface area contributed by atoms with Gasteiger partial charge in [0.05, 0.1) is 0 Å². The van der Waals surface area contributed by atoms with Crippen molar-refractivity contribution in [2.45, 2.75) is 45.4 Å². The van der Waals surface area contributed by atoms with Gasteiger partial charge in [-0.3, -0.25) is 4.90 Å². The molecule has 0 aromatic heterocycles. The van der Waals surface area contributed by atoms with E-state index in [0.717, 1.165) is 19.5 Å². The minimum Gasteiger partial charge on any atom is -0.444 e. The number of rotatable bonds is 4. The van der Waals surface area contributed by atoms with E-state index >= 15 is 0 Å². The molecule has 1 aliphatic rings. The Kier molecular flexibility index (Phi) is 4.65. The van der Waals surface area contributed by atoms with E-state index in [1.807, 2.05) is 26.8 Å². The van der Waals surface area contributed by atoms with Gasteiger partial charge < -0.3 is 10.1 Å². The molecule has 1 aromatic carbocycles. The molecule has 1 fully saturated rings. The predicted octanol–water partition coefficient (Wildman–Crippen LogP) is 2.79. The van der Waals surface area contributed by atoms with Gasteiger partial charge in [0.15, 0.2) is 0 Å². The molecule has 0 aliphatic carbocycles. The molecule has 0 spiro atoms. The Bertz CT molecular complexity index is 440. The van der Waals surface area contributed by atoms with Gasteiger partial charge in [-0.1, -0.05) is 30.3 Å². The molecule has 0 radical (unpaired) electrons. The third kappa shape index (κ3) is 4.53. The molecule has 1 amide bonds. The summed E-state index contributed by atoms with van der Waals surface area (Å²) < 4.78 is 5.24. The average Bonchev–Trinajstić information content (AvgIpc) is 2.34. The molecule has 1 aromatic rings. The van der Waals surface area contributed by atoms with Gasteiger partial charge in [-0.25, -0.2) is 4.79 Å². The normalized spacial score (nSPS) is 19.2. The van der Waals surface area contributed by atoms with Gasteiger partial charge in [0.25, 0.3) is 0 Å². The lowest BCUT2D eigenvalue weighted by atomic mass is 10.0. The highest BCUT2D eigenvalue weighted by molar-refractivity contribution is 5.67. The van der Waals surface area contributed by atoms with Gasteiger partial charge in [-0.2, -0.15) is 0 Å². The lowest BCUT2D eigenvalue weighted by Gasteiger charge is -2.41. The Hall–Kier alpha value is -1.55. The zero-order valence-corrected chi connectivity index (χ0v) is 12.6. The highest BCUT2D eigenvalue weighted by Gasteiger charge is 2.28. The molecular formula is C16H24N2O2. The van der Waals surface area contributed by atoms with Crippen LogP contribution in [0.1, 0.15) is 32.8 Å². The van der Waals surface area contributed by atoms with Gasteiger partial charge in [0.1, 0.15) is 5.60 Å². The van der Waals surface area contributed by atoms with Gasteiger partial charge in [-0.05, 0) is 32.8 Å². The number of ether oxygens (including phenoxy) is 1. The molecule has 4 nitrogen and oxygen atoms in total. The number of hydrogen-bond donors (Lipinski definition) is 1. The van der Waals surface area contributed by atoms with Crippen LogP contribution in [0.5, 0.6) is 0 Å². The second-order valence-electron chi connectivity index (χ2n) is 6.28. The Morgan fingerprint density at radius 3 is 2.60 bits per heavy atom. The number of amides is 1. The smallest absolute Gasteiger partial charge is 0.407 e. The van der Waals surface area contributed by atoms with Crippen molar-refractivity contribution >= 4 is 6.09 Å². The van der Waals surface area contributed by atoms with E-state index in [1.54, 1.807) is 0 Å². The SMILES string of the molecule is CC(C)(C)OC(=O)NCC1CCN1Cc1ccccc1. The molecule has 1 aliphatic heterocycles. The Morgan fingerprint density at radius 1 is 1.35 bits per heavy atom. The van der Waals surface area contributed by atoms with Crippen molar-refractivity contribution in [2.24, 2.45) is 0 Å². The van der Waals surface area contributed by atoms with Gasteiger partial charge in [-0.15, -0.1) is 0 Å². The van der Waals surface area contributed by atoms with Crippen LogP contribution in [0.4, 0.5) is 4.79 Å². The van der Waals surface area contributed by atoms with Crippen molar-refractivity contribution in [1.82, 2.24) is 10.2 Å². The van der Waals surface area contributed by atoms with Crippen LogP contribution < -0.4 is 5.32 Å². The predicted molar refractivity (Wildman–Crippen MR) is 79.5 cm³/mol. The molecule has 1 saturated heterocycles. The summed E-state index contributed by atoms with van der Waals surface area (Å²) in [5, 5.41) is 2.85. The van der Waals surface area contributed by atoms with Crippen molar-refractivity contribution in [3.05, 3.63) is 35.9 Å². The van der Waals surface area contributed by atoms with Crippen LogP contribution in [-0.2, 0) is 11.3 Å². The number of nitrogens with one attached hydrogen (secondary N) is 1. The van der Waals surface area contributed by atoms with Crippen LogP contribution in [-0.4, -0.2) is 35.7 Å². The number of nitrogens with zero attached hydrogens (tertiary/aromatic N) is 1. The van der Waals surface area contributed by atoms with E-state index < -0.39 is 5.60 Å². The molecule has 0 saturated carbocycles.